The molecule has 1 aromatic rings. The maximum absolute atomic E-state index is 13.9. The molecular weight excluding hydrogens is 309 g/mol. The van der Waals surface area contributed by atoms with Crippen LogP contribution in [0.15, 0.2) is 17.0 Å². The van der Waals surface area contributed by atoms with Crippen molar-refractivity contribution in [2.45, 2.75) is 18.7 Å². The van der Waals surface area contributed by atoms with Crippen LogP contribution in [0.2, 0.25) is 0 Å². The summed E-state index contributed by atoms with van der Waals surface area (Å²) in [6.07, 6.45) is 0. The molecule has 0 saturated heterocycles. The predicted molar refractivity (Wildman–Crippen MR) is 73.0 cm³/mol. The number of carbonyl (C=O) groups excluding carboxylic acids is 1. The van der Waals surface area contributed by atoms with Crippen LogP contribution in [0.3, 0.4) is 0 Å². The molecule has 0 aliphatic heterocycles. The lowest BCUT2D eigenvalue weighted by molar-refractivity contribution is 0.0918. The van der Waals surface area contributed by atoms with Gasteiger partial charge < -0.3 is 10.1 Å². The van der Waals surface area contributed by atoms with Crippen LogP contribution in [0, 0.1) is 12.7 Å². The van der Waals surface area contributed by atoms with E-state index in [1.807, 2.05) is 0 Å². The molecule has 0 atom stereocenters. The zero-order chi connectivity index (χ0) is 15.3. The van der Waals surface area contributed by atoms with Gasteiger partial charge in [-0.05, 0) is 31.5 Å². The predicted octanol–water partition coefficient (Wildman–Crippen LogP) is 1.83. The van der Waals surface area contributed by atoms with Crippen LogP contribution < -0.4 is 5.32 Å². The number of nitrogens with one attached hydrogen (secondary N) is 1. The summed E-state index contributed by atoms with van der Waals surface area (Å²) >= 11 is 0. The number of amides is 1. The van der Waals surface area contributed by atoms with Gasteiger partial charge in [-0.3, -0.25) is 4.79 Å². The summed E-state index contributed by atoms with van der Waals surface area (Å²) in [5.41, 5.74) is -0.331. The maximum atomic E-state index is 13.9. The quantitative estimate of drug-likeness (QED) is 0.640. The molecule has 1 N–H and O–H groups in total. The Bertz CT molecular complexity index is 604. The first kappa shape index (κ1) is 16.9. The fourth-order valence-corrected chi connectivity index (χ4v) is 2.36. The molecule has 0 bridgehead atoms. The first-order chi connectivity index (χ1) is 9.27. The van der Waals surface area contributed by atoms with E-state index in [-0.39, 0.29) is 29.2 Å². The van der Waals surface area contributed by atoms with Crippen molar-refractivity contribution in [1.29, 1.82) is 0 Å². The molecule has 20 heavy (non-hydrogen) atoms. The standard InChI is InChI=1S/C12H15ClFNO4S/c1-3-19-5-4-15-12(16)10-7-9(20(13,17)18)6-8(2)11(10)14/h6-7H,3-5H2,1-2H3,(H,15,16). The number of rotatable bonds is 6. The second-order valence-electron chi connectivity index (χ2n) is 3.99. The molecule has 112 valence electrons. The van der Waals surface area contributed by atoms with E-state index in [2.05, 4.69) is 5.32 Å². The Kier molecular flexibility index (Phi) is 5.91. The van der Waals surface area contributed by atoms with Gasteiger partial charge in [0.25, 0.3) is 15.0 Å². The van der Waals surface area contributed by atoms with E-state index in [9.17, 15) is 17.6 Å². The van der Waals surface area contributed by atoms with E-state index in [4.69, 9.17) is 15.4 Å². The Hall–Kier alpha value is -1.18. The van der Waals surface area contributed by atoms with Crippen LogP contribution in [0.5, 0.6) is 0 Å². The molecule has 0 fully saturated rings. The molecule has 1 aromatic carbocycles. The summed E-state index contributed by atoms with van der Waals surface area (Å²) in [6, 6.07) is 2.00. The monoisotopic (exact) mass is 323 g/mol. The van der Waals surface area contributed by atoms with Gasteiger partial charge in [0.1, 0.15) is 5.82 Å². The van der Waals surface area contributed by atoms with Gasteiger partial charge in [0.2, 0.25) is 0 Å². The van der Waals surface area contributed by atoms with Crippen LogP contribution in [-0.4, -0.2) is 34.1 Å². The van der Waals surface area contributed by atoms with Crippen molar-refractivity contribution in [2.75, 3.05) is 19.8 Å². The van der Waals surface area contributed by atoms with Crippen LogP contribution in [0.1, 0.15) is 22.8 Å². The van der Waals surface area contributed by atoms with Crippen molar-refractivity contribution in [3.63, 3.8) is 0 Å². The molecule has 0 aliphatic rings. The average molecular weight is 324 g/mol. The Morgan fingerprint density at radius 1 is 1.45 bits per heavy atom. The van der Waals surface area contributed by atoms with Crippen molar-refractivity contribution in [2.24, 2.45) is 0 Å². The molecule has 5 nitrogen and oxygen atoms in total. The molecule has 0 aromatic heterocycles. The number of aryl methyl sites for hydroxylation is 1. The van der Waals surface area contributed by atoms with Gasteiger partial charge >= 0.3 is 0 Å². The van der Waals surface area contributed by atoms with E-state index < -0.39 is 20.8 Å². The Balaban J connectivity index is 2.99. The van der Waals surface area contributed by atoms with Crippen LogP contribution in [0.4, 0.5) is 4.39 Å². The minimum absolute atomic E-state index is 0.0293. The molecule has 8 heteroatoms. The minimum atomic E-state index is -4.03. The summed E-state index contributed by atoms with van der Waals surface area (Å²) in [5.74, 6) is -1.49. The molecule has 0 saturated carbocycles. The maximum Gasteiger partial charge on any atom is 0.261 e. The van der Waals surface area contributed by atoms with E-state index in [1.165, 1.54) is 6.92 Å². The molecule has 0 aliphatic carbocycles. The summed E-state index contributed by atoms with van der Waals surface area (Å²) in [6.45, 7) is 4.15. The Labute approximate surface area is 121 Å². The highest BCUT2D eigenvalue weighted by Crippen LogP contribution is 2.22. The van der Waals surface area contributed by atoms with Crippen molar-refractivity contribution >= 4 is 25.6 Å². The number of ether oxygens (including phenoxy) is 1. The number of hydrogen-bond acceptors (Lipinski definition) is 4. The number of halogens is 2. The van der Waals surface area contributed by atoms with Gasteiger partial charge in [-0.15, -0.1) is 0 Å². The van der Waals surface area contributed by atoms with E-state index >= 15 is 0 Å². The second-order valence-corrected chi connectivity index (χ2v) is 6.56. The summed E-state index contributed by atoms with van der Waals surface area (Å²) in [4.78, 5) is 11.5. The van der Waals surface area contributed by atoms with Crippen molar-refractivity contribution in [3.05, 3.63) is 29.1 Å². The van der Waals surface area contributed by atoms with Gasteiger partial charge in [-0.2, -0.15) is 0 Å². The zero-order valence-electron chi connectivity index (χ0n) is 11.1. The van der Waals surface area contributed by atoms with Crippen LogP contribution in [0.25, 0.3) is 0 Å². The molecule has 0 heterocycles. The third-order valence-corrected chi connectivity index (χ3v) is 3.82. The highest BCUT2D eigenvalue weighted by atomic mass is 35.7. The van der Waals surface area contributed by atoms with E-state index in [0.29, 0.717) is 6.61 Å². The summed E-state index contributed by atoms with van der Waals surface area (Å²) in [5, 5.41) is 2.44. The normalized spacial score (nSPS) is 11.4. The third kappa shape index (κ3) is 4.43. The van der Waals surface area contributed by atoms with Gasteiger partial charge in [-0.1, -0.05) is 0 Å². The lowest BCUT2D eigenvalue weighted by Crippen LogP contribution is -2.28. The van der Waals surface area contributed by atoms with E-state index in [0.717, 1.165) is 12.1 Å². The lowest BCUT2D eigenvalue weighted by atomic mass is 10.1. The fraction of sp³-hybridized carbons (Fsp3) is 0.417. The Morgan fingerprint density at radius 3 is 2.65 bits per heavy atom. The molecule has 0 spiro atoms. The summed E-state index contributed by atoms with van der Waals surface area (Å²) < 4.78 is 41.4. The lowest BCUT2D eigenvalue weighted by Gasteiger charge is -2.09. The number of benzene rings is 1. The number of hydrogen-bond donors (Lipinski definition) is 1. The number of carbonyl (C=O) groups is 1. The molecule has 1 rings (SSSR count). The van der Waals surface area contributed by atoms with Gasteiger partial charge in [-0.25, -0.2) is 12.8 Å². The first-order valence-electron chi connectivity index (χ1n) is 5.88. The van der Waals surface area contributed by atoms with Crippen molar-refractivity contribution in [3.8, 4) is 0 Å². The Morgan fingerprint density at radius 2 is 2.10 bits per heavy atom. The topological polar surface area (TPSA) is 72.5 Å². The van der Waals surface area contributed by atoms with Gasteiger partial charge in [0.05, 0.1) is 17.1 Å². The van der Waals surface area contributed by atoms with Crippen LogP contribution in [-0.2, 0) is 13.8 Å². The largest absolute Gasteiger partial charge is 0.380 e. The van der Waals surface area contributed by atoms with Gasteiger partial charge in [0, 0.05) is 23.8 Å². The van der Waals surface area contributed by atoms with Crippen molar-refractivity contribution in [1.82, 2.24) is 5.32 Å². The molecule has 0 radical (unpaired) electrons. The van der Waals surface area contributed by atoms with E-state index in [1.54, 1.807) is 6.92 Å². The average Bonchev–Trinajstić information content (AvgIpc) is 2.36. The van der Waals surface area contributed by atoms with Gasteiger partial charge in [0.15, 0.2) is 0 Å². The summed E-state index contributed by atoms with van der Waals surface area (Å²) in [7, 11) is 1.18. The highest BCUT2D eigenvalue weighted by molar-refractivity contribution is 8.13. The SMILES string of the molecule is CCOCCNC(=O)c1cc(S(=O)(=O)Cl)cc(C)c1F. The first-order valence-corrected chi connectivity index (χ1v) is 8.19. The van der Waals surface area contributed by atoms with Crippen molar-refractivity contribution < 1.29 is 22.3 Å². The van der Waals surface area contributed by atoms with Crippen LogP contribution >= 0.6 is 10.7 Å². The third-order valence-electron chi connectivity index (χ3n) is 2.49. The smallest absolute Gasteiger partial charge is 0.261 e. The zero-order valence-corrected chi connectivity index (χ0v) is 12.6. The molecule has 1 amide bonds. The second kappa shape index (κ2) is 7.01. The molecular formula is C12H15ClFNO4S. The highest BCUT2D eigenvalue weighted by Gasteiger charge is 2.19. The fourth-order valence-electron chi connectivity index (χ4n) is 1.52. The minimum Gasteiger partial charge on any atom is -0.380 e. The molecule has 0 unspecified atom stereocenters.